The second-order valence-electron chi connectivity index (χ2n) is 5.11. The van der Waals surface area contributed by atoms with Crippen LogP contribution in [0.5, 0.6) is 0 Å². The Labute approximate surface area is 118 Å². The van der Waals surface area contributed by atoms with E-state index in [1.54, 1.807) is 0 Å². The molecule has 7 nitrogen and oxygen atoms in total. The minimum Gasteiger partial charge on any atom is -0.373 e. The van der Waals surface area contributed by atoms with Crippen LogP contribution in [0, 0.1) is 0 Å². The van der Waals surface area contributed by atoms with Crippen LogP contribution >= 0.6 is 0 Å². The summed E-state index contributed by atoms with van der Waals surface area (Å²) in [6.45, 7) is 5.15. The molecule has 2 aliphatic heterocycles. The number of nitrogens with one attached hydrogen (secondary N) is 2. The van der Waals surface area contributed by atoms with Crippen molar-refractivity contribution < 1.29 is 4.79 Å². The van der Waals surface area contributed by atoms with Crippen molar-refractivity contribution in [2.75, 3.05) is 43.4 Å². The zero-order valence-corrected chi connectivity index (χ0v) is 11.9. The Morgan fingerprint density at radius 1 is 1.45 bits per heavy atom. The molecule has 1 atom stereocenters. The van der Waals surface area contributed by atoms with Gasteiger partial charge in [-0.1, -0.05) is 6.92 Å². The number of fused-ring (bicyclic) bond motifs is 1. The third kappa shape index (κ3) is 2.23. The number of aromatic nitrogens is 2. The van der Waals surface area contributed by atoms with Gasteiger partial charge in [-0.25, -0.2) is 14.8 Å². The first-order valence-electron chi connectivity index (χ1n) is 7.06. The van der Waals surface area contributed by atoms with Crippen molar-refractivity contribution in [2.24, 2.45) is 0 Å². The number of carbonyl (C=O) groups excluding carboxylic acids is 1. The lowest BCUT2D eigenvalue weighted by Gasteiger charge is -2.37. The number of hydrogen-bond donors (Lipinski definition) is 2. The molecule has 2 N–H and O–H groups in total. The maximum atomic E-state index is 11.6. The molecule has 3 heterocycles. The maximum Gasteiger partial charge on any atom is 0.317 e. The van der Waals surface area contributed by atoms with Crippen LogP contribution in [-0.4, -0.2) is 60.2 Å². The smallest absolute Gasteiger partial charge is 0.317 e. The Hall–Kier alpha value is -2.05. The molecule has 1 aromatic heterocycles. The van der Waals surface area contributed by atoms with E-state index in [0.29, 0.717) is 0 Å². The molecule has 108 valence electrons. The first kappa shape index (κ1) is 13.0. The molecule has 2 aliphatic rings. The average Bonchev–Trinajstić information content (AvgIpc) is 2.87. The highest BCUT2D eigenvalue weighted by atomic mass is 16.2. The van der Waals surface area contributed by atoms with Crippen LogP contribution in [0.4, 0.5) is 16.4 Å². The van der Waals surface area contributed by atoms with Crippen LogP contribution in [-0.2, 0) is 6.42 Å². The summed E-state index contributed by atoms with van der Waals surface area (Å²) >= 11 is 0. The number of nitrogens with zero attached hydrogens (tertiary/aromatic N) is 4. The fraction of sp³-hybridized carbons (Fsp3) is 0.615. The van der Waals surface area contributed by atoms with Gasteiger partial charge in [0.05, 0.1) is 6.04 Å². The van der Waals surface area contributed by atoms with E-state index in [1.807, 2.05) is 18.0 Å². The van der Waals surface area contributed by atoms with Crippen molar-refractivity contribution in [2.45, 2.75) is 19.4 Å². The Bertz CT molecular complexity index is 497. The van der Waals surface area contributed by atoms with Gasteiger partial charge in [-0.05, 0) is 0 Å². The van der Waals surface area contributed by atoms with Gasteiger partial charge in [-0.2, -0.15) is 0 Å². The Morgan fingerprint density at radius 3 is 3.05 bits per heavy atom. The molecule has 0 bridgehead atoms. The van der Waals surface area contributed by atoms with Gasteiger partial charge < -0.3 is 20.4 Å². The zero-order chi connectivity index (χ0) is 14.1. The van der Waals surface area contributed by atoms with Gasteiger partial charge in [-0.15, -0.1) is 0 Å². The molecule has 0 spiro atoms. The van der Waals surface area contributed by atoms with Crippen LogP contribution in [0.3, 0.4) is 0 Å². The monoisotopic (exact) mass is 276 g/mol. The summed E-state index contributed by atoms with van der Waals surface area (Å²) in [6, 6.07) is 2.27. The van der Waals surface area contributed by atoms with Crippen LogP contribution in [0.15, 0.2) is 6.07 Å². The molecule has 0 aliphatic carbocycles. The number of aryl methyl sites for hydroxylation is 1. The minimum absolute atomic E-state index is 0.0579. The number of hydrogen-bond acceptors (Lipinski definition) is 5. The number of carbonyl (C=O) groups is 1. The lowest BCUT2D eigenvalue weighted by atomic mass is 10.2. The van der Waals surface area contributed by atoms with E-state index in [9.17, 15) is 4.79 Å². The van der Waals surface area contributed by atoms with E-state index < -0.39 is 0 Å². The van der Waals surface area contributed by atoms with Crippen LogP contribution in [0.2, 0.25) is 0 Å². The number of urea groups is 1. The first-order valence-corrected chi connectivity index (χ1v) is 7.06. The van der Waals surface area contributed by atoms with Crippen LogP contribution in [0.1, 0.15) is 12.7 Å². The lowest BCUT2D eigenvalue weighted by Crippen LogP contribution is -2.52. The highest BCUT2D eigenvalue weighted by Crippen LogP contribution is 2.21. The van der Waals surface area contributed by atoms with Gasteiger partial charge in [0, 0.05) is 45.7 Å². The molecular formula is C13H20N6O. The van der Waals surface area contributed by atoms with Crippen molar-refractivity contribution in [3.8, 4) is 0 Å². The van der Waals surface area contributed by atoms with E-state index in [4.69, 9.17) is 0 Å². The van der Waals surface area contributed by atoms with Crippen molar-refractivity contribution in [3.05, 3.63) is 11.9 Å². The third-order valence-electron chi connectivity index (χ3n) is 3.89. The van der Waals surface area contributed by atoms with E-state index in [1.165, 1.54) is 0 Å². The SMILES string of the molecule is CCc1nc(NC)cc(N2CCN3C(=O)NCC3C2)n1. The summed E-state index contributed by atoms with van der Waals surface area (Å²) in [5.74, 6) is 2.63. The number of anilines is 2. The number of piperazine rings is 1. The van der Waals surface area contributed by atoms with E-state index in [0.717, 1.165) is 50.1 Å². The van der Waals surface area contributed by atoms with Crippen molar-refractivity contribution >= 4 is 17.7 Å². The van der Waals surface area contributed by atoms with Crippen LogP contribution < -0.4 is 15.5 Å². The molecule has 1 aromatic rings. The Kier molecular flexibility index (Phi) is 3.33. The second kappa shape index (κ2) is 5.15. The summed E-state index contributed by atoms with van der Waals surface area (Å²) in [7, 11) is 1.86. The highest BCUT2D eigenvalue weighted by Gasteiger charge is 2.35. The largest absolute Gasteiger partial charge is 0.373 e. The molecule has 0 aromatic carbocycles. The van der Waals surface area contributed by atoms with Gasteiger partial charge >= 0.3 is 6.03 Å². The van der Waals surface area contributed by atoms with Gasteiger partial charge in [0.15, 0.2) is 0 Å². The molecule has 0 saturated carbocycles. The molecule has 2 saturated heterocycles. The summed E-state index contributed by atoms with van der Waals surface area (Å²) < 4.78 is 0. The lowest BCUT2D eigenvalue weighted by molar-refractivity contribution is 0.197. The van der Waals surface area contributed by atoms with Crippen molar-refractivity contribution in [3.63, 3.8) is 0 Å². The zero-order valence-electron chi connectivity index (χ0n) is 11.9. The molecular weight excluding hydrogens is 256 g/mol. The standard InChI is InChI=1S/C13H20N6O/c1-3-10-16-11(14-2)6-12(17-10)18-4-5-19-9(8-18)7-15-13(19)20/h6,9H,3-5,7-8H2,1-2H3,(H,15,20)(H,14,16,17). The van der Waals surface area contributed by atoms with Gasteiger partial charge in [-0.3, -0.25) is 0 Å². The van der Waals surface area contributed by atoms with Crippen molar-refractivity contribution in [1.82, 2.24) is 20.2 Å². The topological polar surface area (TPSA) is 73.4 Å². The minimum atomic E-state index is 0.0579. The second-order valence-corrected chi connectivity index (χ2v) is 5.11. The number of rotatable bonds is 3. The Balaban J connectivity index is 1.81. The summed E-state index contributed by atoms with van der Waals surface area (Å²) in [5, 5.41) is 5.97. The quantitative estimate of drug-likeness (QED) is 0.830. The van der Waals surface area contributed by atoms with Gasteiger partial charge in [0.25, 0.3) is 0 Å². The molecule has 7 heteroatoms. The molecule has 0 radical (unpaired) electrons. The Morgan fingerprint density at radius 2 is 2.30 bits per heavy atom. The summed E-state index contributed by atoms with van der Waals surface area (Å²) in [6.07, 6.45) is 0.811. The average molecular weight is 276 g/mol. The van der Waals surface area contributed by atoms with E-state index in [-0.39, 0.29) is 12.1 Å². The van der Waals surface area contributed by atoms with Gasteiger partial charge in [0.1, 0.15) is 17.5 Å². The summed E-state index contributed by atoms with van der Waals surface area (Å²) in [4.78, 5) is 24.8. The first-order chi connectivity index (χ1) is 9.71. The van der Waals surface area contributed by atoms with Crippen LogP contribution in [0.25, 0.3) is 0 Å². The molecule has 1 unspecified atom stereocenters. The molecule has 2 amide bonds. The fourth-order valence-corrected chi connectivity index (χ4v) is 2.74. The summed E-state index contributed by atoms with van der Waals surface area (Å²) in [5.41, 5.74) is 0. The fourth-order valence-electron chi connectivity index (χ4n) is 2.74. The van der Waals surface area contributed by atoms with Crippen molar-refractivity contribution in [1.29, 1.82) is 0 Å². The third-order valence-corrected chi connectivity index (χ3v) is 3.89. The van der Waals surface area contributed by atoms with E-state index in [2.05, 4.69) is 32.4 Å². The number of amides is 2. The highest BCUT2D eigenvalue weighted by molar-refractivity contribution is 5.77. The van der Waals surface area contributed by atoms with Gasteiger partial charge in [0.2, 0.25) is 0 Å². The maximum absolute atomic E-state index is 11.6. The molecule has 3 rings (SSSR count). The normalized spacial score (nSPS) is 21.7. The molecule has 20 heavy (non-hydrogen) atoms. The van der Waals surface area contributed by atoms with E-state index >= 15 is 0 Å². The molecule has 2 fully saturated rings. The predicted molar refractivity (Wildman–Crippen MR) is 77.1 cm³/mol. The predicted octanol–water partition coefficient (Wildman–Crippen LogP) is 0.295.